The summed E-state index contributed by atoms with van der Waals surface area (Å²) >= 11 is 0. The van der Waals surface area contributed by atoms with Crippen molar-refractivity contribution in [3.63, 3.8) is 0 Å². The number of allylic oxidation sites excluding steroid dienone is 1. The molecule has 0 saturated heterocycles. The van der Waals surface area contributed by atoms with Crippen molar-refractivity contribution in [1.29, 1.82) is 0 Å². The molecule has 1 heterocycles. The number of benzene rings is 1. The second kappa shape index (κ2) is 3.49. The van der Waals surface area contributed by atoms with E-state index in [1.807, 2.05) is 36.4 Å². The van der Waals surface area contributed by atoms with E-state index in [1.54, 1.807) is 12.3 Å². The third-order valence-corrected chi connectivity index (χ3v) is 2.76. The summed E-state index contributed by atoms with van der Waals surface area (Å²) in [5.41, 5.74) is 3.05. The molecule has 0 aliphatic heterocycles. The SMILES string of the molecule is O=C1C=C(c2ccco2)c2ccccc2C1. The fraction of sp³-hybridized carbons (Fsp3) is 0.0714. The second-order valence-electron chi connectivity index (χ2n) is 3.84. The first-order chi connectivity index (χ1) is 7.84. The molecule has 0 radical (unpaired) electrons. The fourth-order valence-corrected chi connectivity index (χ4v) is 2.05. The zero-order chi connectivity index (χ0) is 11.0. The van der Waals surface area contributed by atoms with Crippen LogP contribution in [0.3, 0.4) is 0 Å². The predicted molar refractivity (Wildman–Crippen MR) is 60.9 cm³/mol. The molecule has 0 amide bonds. The largest absolute Gasteiger partial charge is 0.464 e. The van der Waals surface area contributed by atoms with Gasteiger partial charge in [0, 0.05) is 12.0 Å². The maximum Gasteiger partial charge on any atom is 0.160 e. The molecular formula is C14H10O2. The number of rotatable bonds is 1. The summed E-state index contributed by atoms with van der Waals surface area (Å²) < 4.78 is 5.36. The van der Waals surface area contributed by atoms with Gasteiger partial charge in [0.15, 0.2) is 5.78 Å². The minimum Gasteiger partial charge on any atom is -0.464 e. The summed E-state index contributed by atoms with van der Waals surface area (Å²) in [4.78, 5) is 11.6. The van der Waals surface area contributed by atoms with E-state index in [0.717, 1.165) is 22.5 Å². The molecule has 0 unspecified atom stereocenters. The van der Waals surface area contributed by atoms with Gasteiger partial charge in [-0.2, -0.15) is 0 Å². The van der Waals surface area contributed by atoms with E-state index >= 15 is 0 Å². The van der Waals surface area contributed by atoms with Gasteiger partial charge in [-0.25, -0.2) is 0 Å². The molecule has 1 aliphatic rings. The van der Waals surface area contributed by atoms with Crippen LogP contribution in [0.25, 0.3) is 5.57 Å². The van der Waals surface area contributed by atoms with Crippen LogP contribution in [0.2, 0.25) is 0 Å². The summed E-state index contributed by atoms with van der Waals surface area (Å²) in [6.07, 6.45) is 3.78. The lowest BCUT2D eigenvalue weighted by Crippen LogP contribution is -2.09. The summed E-state index contributed by atoms with van der Waals surface area (Å²) in [7, 11) is 0. The topological polar surface area (TPSA) is 30.2 Å². The smallest absolute Gasteiger partial charge is 0.160 e. The molecule has 0 spiro atoms. The van der Waals surface area contributed by atoms with E-state index in [4.69, 9.17) is 4.42 Å². The van der Waals surface area contributed by atoms with Gasteiger partial charge in [0.05, 0.1) is 6.26 Å². The van der Waals surface area contributed by atoms with Gasteiger partial charge >= 0.3 is 0 Å². The molecule has 1 aromatic carbocycles. The zero-order valence-corrected chi connectivity index (χ0v) is 8.64. The van der Waals surface area contributed by atoms with E-state index in [0.29, 0.717) is 6.42 Å². The van der Waals surface area contributed by atoms with Crippen molar-refractivity contribution in [2.75, 3.05) is 0 Å². The number of hydrogen-bond donors (Lipinski definition) is 0. The average molecular weight is 210 g/mol. The molecule has 1 aliphatic carbocycles. The highest BCUT2D eigenvalue weighted by Gasteiger charge is 2.19. The molecule has 0 atom stereocenters. The lowest BCUT2D eigenvalue weighted by molar-refractivity contribution is -0.114. The van der Waals surface area contributed by atoms with Crippen LogP contribution in [-0.2, 0) is 11.2 Å². The standard InChI is InChI=1S/C14H10O2/c15-11-8-10-4-1-2-5-12(10)13(9-11)14-6-3-7-16-14/h1-7,9H,8H2. The molecule has 2 nitrogen and oxygen atoms in total. The number of carbonyl (C=O) groups excluding carboxylic acids is 1. The molecule has 2 heteroatoms. The van der Waals surface area contributed by atoms with E-state index in [-0.39, 0.29) is 5.78 Å². The minimum atomic E-state index is 0.130. The van der Waals surface area contributed by atoms with Crippen molar-refractivity contribution in [3.8, 4) is 0 Å². The first-order valence-electron chi connectivity index (χ1n) is 5.21. The minimum absolute atomic E-state index is 0.130. The highest BCUT2D eigenvalue weighted by molar-refractivity contribution is 6.04. The number of ketones is 1. The molecular weight excluding hydrogens is 200 g/mol. The number of furan rings is 1. The van der Waals surface area contributed by atoms with Gasteiger partial charge in [-0.1, -0.05) is 24.3 Å². The number of fused-ring (bicyclic) bond motifs is 1. The van der Waals surface area contributed by atoms with Crippen molar-refractivity contribution in [1.82, 2.24) is 0 Å². The van der Waals surface area contributed by atoms with Crippen LogP contribution >= 0.6 is 0 Å². The van der Waals surface area contributed by atoms with Gasteiger partial charge in [0.1, 0.15) is 5.76 Å². The molecule has 0 saturated carbocycles. The van der Waals surface area contributed by atoms with Crippen LogP contribution in [-0.4, -0.2) is 5.78 Å². The maximum absolute atomic E-state index is 11.6. The van der Waals surface area contributed by atoms with Gasteiger partial charge in [-0.3, -0.25) is 4.79 Å². The summed E-state index contributed by atoms with van der Waals surface area (Å²) in [5.74, 6) is 0.880. The van der Waals surface area contributed by atoms with Crippen molar-refractivity contribution < 1.29 is 9.21 Å². The highest BCUT2D eigenvalue weighted by Crippen LogP contribution is 2.30. The lowest BCUT2D eigenvalue weighted by Gasteiger charge is -2.14. The van der Waals surface area contributed by atoms with Crippen LogP contribution < -0.4 is 0 Å². The van der Waals surface area contributed by atoms with E-state index in [2.05, 4.69) is 0 Å². The predicted octanol–water partition coefficient (Wildman–Crippen LogP) is 2.84. The normalized spacial score (nSPS) is 14.5. The molecule has 0 fully saturated rings. The lowest BCUT2D eigenvalue weighted by atomic mass is 9.89. The van der Waals surface area contributed by atoms with Crippen molar-refractivity contribution in [3.05, 3.63) is 65.6 Å². The maximum atomic E-state index is 11.6. The van der Waals surface area contributed by atoms with E-state index in [9.17, 15) is 4.79 Å². The Bertz CT molecular complexity index is 562. The van der Waals surface area contributed by atoms with Gasteiger partial charge in [0.25, 0.3) is 0 Å². The Hall–Kier alpha value is -2.09. The van der Waals surface area contributed by atoms with Gasteiger partial charge < -0.3 is 4.42 Å². The highest BCUT2D eigenvalue weighted by atomic mass is 16.3. The summed E-state index contributed by atoms with van der Waals surface area (Å²) in [5, 5.41) is 0. The fourth-order valence-electron chi connectivity index (χ4n) is 2.05. The van der Waals surface area contributed by atoms with Gasteiger partial charge in [-0.05, 0) is 29.3 Å². The molecule has 0 bridgehead atoms. The Morgan fingerprint density at radius 2 is 1.94 bits per heavy atom. The van der Waals surface area contributed by atoms with Gasteiger partial charge in [-0.15, -0.1) is 0 Å². The summed E-state index contributed by atoms with van der Waals surface area (Å²) in [6.45, 7) is 0. The van der Waals surface area contributed by atoms with Crippen LogP contribution in [0.15, 0.2) is 53.2 Å². The Balaban J connectivity index is 2.20. The van der Waals surface area contributed by atoms with Gasteiger partial charge in [0.2, 0.25) is 0 Å². The Morgan fingerprint density at radius 1 is 1.06 bits per heavy atom. The third-order valence-electron chi connectivity index (χ3n) is 2.76. The molecule has 1 aromatic heterocycles. The van der Waals surface area contributed by atoms with E-state index in [1.165, 1.54) is 0 Å². The molecule has 16 heavy (non-hydrogen) atoms. The molecule has 3 rings (SSSR count). The Labute approximate surface area is 93.2 Å². The quantitative estimate of drug-likeness (QED) is 0.724. The summed E-state index contributed by atoms with van der Waals surface area (Å²) in [6, 6.07) is 11.7. The zero-order valence-electron chi connectivity index (χ0n) is 8.64. The third kappa shape index (κ3) is 1.39. The van der Waals surface area contributed by atoms with E-state index < -0.39 is 0 Å². The second-order valence-corrected chi connectivity index (χ2v) is 3.84. The molecule has 78 valence electrons. The monoisotopic (exact) mass is 210 g/mol. The van der Waals surface area contributed by atoms with Crippen molar-refractivity contribution in [2.24, 2.45) is 0 Å². The Morgan fingerprint density at radius 3 is 2.75 bits per heavy atom. The first-order valence-corrected chi connectivity index (χ1v) is 5.21. The first kappa shape index (κ1) is 9.16. The Kier molecular flexibility index (Phi) is 2.00. The van der Waals surface area contributed by atoms with Crippen molar-refractivity contribution >= 4 is 11.4 Å². The van der Waals surface area contributed by atoms with Crippen LogP contribution in [0.1, 0.15) is 16.9 Å². The van der Waals surface area contributed by atoms with Crippen molar-refractivity contribution in [2.45, 2.75) is 6.42 Å². The molecule has 0 N–H and O–H groups in total. The number of hydrogen-bond acceptors (Lipinski definition) is 2. The average Bonchev–Trinajstić information content (AvgIpc) is 2.81. The van der Waals surface area contributed by atoms with Crippen LogP contribution in [0.4, 0.5) is 0 Å². The van der Waals surface area contributed by atoms with Crippen LogP contribution in [0.5, 0.6) is 0 Å². The number of carbonyl (C=O) groups is 1. The van der Waals surface area contributed by atoms with Crippen LogP contribution in [0, 0.1) is 0 Å². The molecule has 2 aromatic rings.